The second kappa shape index (κ2) is 12.5. The summed E-state index contributed by atoms with van der Waals surface area (Å²) in [6, 6.07) is 71.7. The number of fused-ring (bicyclic) bond motifs is 6. The minimum absolute atomic E-state index is 0.887. The Morgan fingerprint density at radius 2 is 0.962 bits per heavy atom. The van der Waals surface area contributed by atoms with Crippen molar-refractivity contribution in [2.45, 2.75) is 0 Å². The van der Waals surface area contributed by atoms with E-state index in [1.165, 1.54) is 44.0 Å². The first kappa shape index (κ1) is 30.0. The molecule has 0 saturated heterocycles. The highest BCUT2D eigenvalue weighted by Gasteiger charge is 2.21. The van der Waals surface area contributed by atoms with Crippen LogP contribution in [0.15, 0.2) is 205 Å². The summed E-state index contributed by atoms with van der Waals surface area (Å²) in [7, 11) is 0. The zero-order chi connectivity index (χ0) is 34.4. The van der Waals surface area contributed by atoms with Crippen molar-refractivity contribution in [2.75, 3.05) is 4.90 Å². The van der Waals surface area contributed by atoms with Crippen LogP contribution in [-0.4, -0.2) is 0 Å². The Kier molecular flexibility index (Phi) is 7.18. The molecule has 10 aromatic rings. The zero-order valence-electron chi connectivity index (χ0n) is 28.4. The van der Waals surface area contributed by atoms with E-state index < -0.39 is 0 Å². The van der Waals surface area contributed by atoms with Crippen LogP contribution in [-0.2, 0) is 0 Å². The Morgan fingerprint density at radius 3 is 1.79 bits per heavy atom. The molecule has 10 rings (SSSR count). The Morgan fingerprint density at radius 1 is 0.327 bits per heavy atom. The van der Waals surface area contributed by atoms with Gasteiger partial charge in [0.2, 0.25) is 0 Å². The van der Waals surface area contributed by atoms with Crippen molar-refractivity contribution in [1.82, 2.24) is 0 Å². The molecule has 1 aromatic heterocycles. The fraction of sp³-hybridized carbons (Fsp3) is 0. The van der Waals surface area contributed by atoms with Crippen LogP contribution in [0.3, 0.4) is 0 Å². The molecule has 0 bridgehead atoms. The normalized spacial score (nSPS) is 11.5. The second-order valence-electron chi connectivity index (χ2n) is 13.3. The van der Waals surface area contributed by atoms with E-state index in [1.54, 1.807) is 0 Å². The van der Waals surface area contributed by atoms with Crippen LogP contribution in [0.1, 0.15) is 0 Å². The Hall–Kier alpha value is -6.90. The monoisotopic (exact) mass is 663 g/mol. The van der Waals surface area contributed by atoms with E-state index in [0.29, 0.717) is 0 Å². The Balaban J connectivity index is 1.23. The smallest absolute Gasteiger partial charge is 0.136 e. The number of nitrogens with zero attached hydrogens (tertiary/aromatic N) is 1. The lowest BCUT2D eigenvalue weighted by Gasteiger charge is -2.28. The standard InChI is InChI=1S/C50H33NO/c1-3-13-34(14-4-1)36-25-27-40(28-26-36)51(47-21-11-9-19-42(47)37-16-5-2-6-17-37)41-29-30-43-45(39-24-23-35-15-7-8-18-38(35)31-39)33-49-50(46(43)32-41)44-20-10-12-22-48(44)52-49/h1-33H. The third-order valence-electron chi connectivity index (χ3n) is 10.2. The predicted molar refractivity (Wildman–Crippen MR) is 220 cm³/mol. The lowest BCUT2D eigenvalue weighted by Crippen LogP contribution is -2.11. The number of rotatable bonds is 6. The van der Waals surface area contributed by atoms with Gasteiger partial charge in [-0.25, -0.2) is 0 Å². The first-order valence-electron chi connectivity index (χ1n) is 17.8. The molecule has 9 aromatic carbocycles. The maximum Gasteiger partial charge on any atom is 0.136 e. The van der Waals surface area contributed by atoms with E-state index in [-0.39, 0.29) is 0 Å². The number of benzene rings is 9. The lowest BCUT2D eigenvalue weighted by atomic mass is 9.93. The lowest BCUT2D eigenvalue weighted by molar-refractivity contribution is 0.669. The van der Waals surface area contributed by atoms with Gasteiger partial charge in [-0.3, -0.25) is 0 Å². The third-order valence-corrected chi connectivity index (χ3v) is 10.2. The summed E-state index contributed by atoms with van der Waals surface area (Å²) in [4.78, 5) is 2.40. The van der Waals surface area contributed by atoms with E-state index in [1.807, 2.05) is 6.07 Å². The summed E-state index contributed by atoms with van der Waals surface area (Å²) in [5.74, 6) is 0. The number of hydrogen-bond acceptors (Lipinski definition) is 2. The zero-order valence-corrected chi connectivity index (χ0v) is 28.4. The molecule has 0 spiro atoms. The van der Waals surface area contributed by atoms with Gasteiger partial charge in [0.1, 0.15) is 11.2 Å². The summed E-state index contributed by atoms with van der Waals surface area (Å²) in [6.07, 6.45) is 0. The molecule has 2 heteroatoms. The maximum atomic E-state index is 6.60. The molecule has 0 N–H and O–H groups in total. The van der Waals surface area contributed by atoms with Crippen molar-refractivity contribution in [3.05, 3.63) is 200 Å². The summed E-state index contributed by atoms with van der Waals surface area (Å²) in [6.45, 7) is 0. The molecule has 0 aliphatic rings. The topological polar surface area (TPSA) is 16.4 Å². The van der Waals surface area contributed by atoms with Gasteiger partial charge in [-0.2, -0.15) is 0 Å². The molecule has 0 atom stereocenters. The summed E-state index contributed by atoms with van der Waals surface area (Å²) in [5.41, 5.74) is 12.1. The van der Waals surface area contributed by atoms with Crippen molar-refractivity contribution >= 4 is 60.5 Å². The van der Waals surface area contributed by atoms with Crippen LogP contribution in [0.5, 0.6) is 0 Å². The second-order valence-corrected chi connectivity index (χ2v) is 13.3. The maximum absolute atomic E-state index is 6.60. The van der Waals surface area contributed by atoms with E-state index in [9.17, 15) is 0 Å². The van der Waals surface area contributed by atoms with Gasteiger partial charge in [0.05, 0.1) is 5.69 Å². The van der Waals surface area contributed by atoms with Gasteiger partial charge in [-0.05, 0) is 97.9 Å². The minimum Gasteiger partial charge on any atom is -0.456 e. The Labute approximate surface area is 302 Å². The van der Waals surface area contributed by atoms with Gasteiger partial charge in [0.15, 0.2) is 0 Å². The number of para-hydroxylation sites is 2. The van der Waals surface area contributed by atoms with Crippen LogP contribution in [0.4, 0.5) is 17.1 Å². The molecule has 52 heavy (non-hydrogen) atoms. The highest BCUT2D eigenvalue weighted by Crippen LogP contribution is 2.46. The van der Waals surface area contributed by atoms with Crippen molar-refractivity contribution in [3.8, 4) is 33.4 Å². The van der Waals surface area contributed by atoms with Crippen LogP contribution < -0.4 is 4.90 Å². The van der Waals surface area contributed by atoms with Gasteiger partial charge in [0, 0.05) is 27.7 Å². The average Bonchev–Trinajstić information content (AvgIpc) is 3.60. The van der Waals surface area contributed by atoms with Crippen LogP contribution in [0.25, 0.3) is 76.9 Å². The molecule has 0 amide bonds. The molecule has 244 valence electrons. The van der Waals surface area contributed by atoms with Crippen LogP contribution in [0.2, 0.25) is 0 Å². The minimum atomic E-state index is 0.887. The quantitative estimate of drug-likeness (QED) is 0.176. The van der Waals surface area contributed by atoms with Crippen molar-refractivity contribution < 1.29 is 4.42 Å². The largest absolute Gasteiger partial charge is 0.456 e. The first-order chi connectivity index (χ1) is 25.8. The average molecular weight is 664 g/mol. The number of hydrogen-bond donors (Lipinski definition) is 0. The number of anilines is 3. The SMILES string of the molecule is c1ccc(-c2ccc(N(c3ccc4c(-c5ccc6ccccc6c5)cc5oc6ccccc6c5c4c3)c3ccccc3-c3ccccc3)cc2)cc1. The van der Waals surface area contributed by atoms with Crippen molar-refractivity contribution in [3.63, 3.8) is 0 Å². The first-order valence-corrected chi connectivity index (χ1v) is 17.8. The van der Waals surface area contributed by atoms with E-state index in [0.717, 1.165) is 50.0 Å². The highest BCUT2D eigenvalue weighted by atomic mass is 16.3. The molecule has 0 unspecified atom stereocenters. The summed E-state index contributed by atoms with van der Waals surface area (Å²) >= 11 is 0. The molecular formula is C50H33NO. The fourth-order valence-electron chi connectivity index (χ4n) is 7.75. The van der Waals surface area contributed by atoms with E-state index in [4.69, 9.17) is 4.42 Å². The third kappa shape index (κ3) is 5.12. The van der Waals surface area contributed by atoms with Gasteiger partial charge < -0.3 is 9.32 Å². The van der Waals surface area contributed by atoms with E-state index in [2.05, 4.69) is 199 Å². The molecule has 0 fully saturated rings. The molecule has 0 aliphatic carbocycles. The summed E-state index contributed by atoms with van der Waals surface area (Å²) < 4.78 is 6.60. The molecule has 0 radical (unpaired) electrons. The Bertz CT molecular complexity index is 2890. The van der Waals surface area contributed by atoms with Crippen LogP contribution in [0, 0.1) is 0 Å². The van der Waals surface area contributed by atoms with E-state index >= 15 is 0 Å². The fourth-order valence-corrected chi connectivity index (χ4v) is 7.75. The highest BCUT2D eigenvalue weighted by molar-refractivity contribution is 6.23. The molecular weight excluding hydrogens is 631 g/mol. The van der Waals surface area contributed by atoms with Gasteiger partial charge in [-0.15, -0.1) is 0 Å². The molecule has 0 saturated carbocycles. The van der Waals surface area contributed by atoms with Crippen molar-refractivity contribution in [2.24, 2.45) is 0 Å². The van der Waals surface area contributed by atoms with Gasteiger partial charge in [-0.1, -0.05) is 152 Å². The van der Waals surface area contributed by atoms with Gasteiger partial charge in [0.25, 0.3) is 0 Å². The molecule has 1 heterocycles. The molecule has 0 aliphatic heterocycles. The van der Waals surface area contributed by atoms with Gasteiger partial charge >= 0.3 is 0 Å². The predicted octanol–water partition coefficient (Wildman–Crippen LogP) is 14.4. The number of furan rings is 1. The summed E-state index contributed by atoms with van der Waals surface area (Å²) in [5, 5.41) is 7.05. The van der Waals surface area contributed by atoms with Crippen molar-refractivity contribution in [1.29, 1.82) is 0 Å². The van der Waals surface area contributed by atoms with Crippen LogP contribution >= 0.6 is 0 Å². The molecule has 2 nitrogen and oxygen atoms in total.